The van der Waals surface area contributed by atoms with E-state index in [1.54, 1.807) is 12.1 Å². The van der Waals surface area contributed by atoms with E-state index < -0.39 is 11.4 Å². The van der Waals surface area contributed by atoms with Crippen LogP contribution >= 0.6 is 0 Å². The maximum absolute atomic E-state index is 13.7. The summed E-state index contributed by atoms with van der Waals surface area (Å²) in [5, 5.41) is 9.01. The number of carboxylic acids is 1. The molecular weight excluding hydrogens is 495 g/mol. The predicted octanol–water partition coefficient (Wildman–Crippen LogP) is 5.00. The first-order valence-electron chi connectivity index (χ1n) is 13.5. The third-order valence-electron chi connectivity index (χ3n) is 7.56. The second kappa shape index (κ2) is 11.4. The molecule has 1 aromatic heterocycles. The van der Waals surface area contributed by atoms with E-state index in [2.05, 4.69) is 4.90 Å². The Morgan fingerprint density at radius 2 is 1.69 bits per heavy atom. The zero-order chi connectivity index (χ0) is 27.4. The van der Waals surface area contributed by atoms with Crippen LogP contribution in [0.25, 0.3) is 17.3 Å². The van der Waals surface area contributed by atoms with Gasteiger partial charge in [-0.05, 0) is 56.5 Å². The molecule has 1 aliphatic carbocycles. The van der Waals surface area contributed by atoms with E-state index in [4.69, 9.17) is 15.1 Å². The lowest BCUT2D eigenvalue weighted by molar-refractivity contribution is -0.139. The van der Waals surface area contributed by atoms with Gasteiger partial charge in [0.2, 0.25) is 5.91 Å². The number of carbonyl (C=O) groups excluding carboxylic acids is 1. The van der Waals surface area contributed by atoms with Crippen LogP contribution in [-0.4, -0.2) is 58.0 Å². The van der Waals surface area contributed by atoms with Crippen LogP contribution in [0.4, 0.5) is 10.1 Å². The summed E-state index contributed by atoms with van der Waals surface area (Å²) in [5.41, 5.74) is 4.42. The molecule has 1 saturated heterocycles. The minimum atomic E-state index is -0.798. The number of aromatic nitrogens is 2. The Hall–Kier alpha value is -4.07. The number of amides is 1. The summed E-state index contributed by atoms with van der Waals surface area (Å²) >= 11 is 0. The van der Waals surface area contributed by atoms with Gasteiger partial charge in [0.05, 0.1) is 28.2 Å². The van der Waals surface area contributed by atoms with Gasteiger partial charge in [0, 0.05) is 50.3 Å². The van der Waals surface area contributed by atoms with Crippen molar-refractivity contribution < 1.29 is 19.1 Å². The number of nitrogens with zero attached hydrogens (tertiary/aromatic N) is 4. The first-order chi connectivity index (χ1) is 18.8. The quantitative estimate of drug-likeness (QED) is 0.414. The number of carbonyl (C=O) groups is 2. The number of benzene rings is 2. The fraction of sp³-hybridized carbons (Fsp3) is 0.355. The molecule has 2 heterocycles. The number of fused-ring (bicyclic) bond motifs is 1. The number of hydrogen-bond acceptors (Lipinski definition) is 5. The summed E-state index contributed by atoms with van der Waals surface area (Å²) in [6.45, 7) is 4.53. The van der Waals surface area contributed by atoms with E-state index in [0.29, 0.717) is 51.9 Å². The SMILES string of the molecule is CC1(C(=O)N2CCN(c3ccc(F)cc3)CC2)C=Cc2nc(-c3ccccc3)c(CCCCC(=O)O)nc2C1. The van der Waals surface area contributed by atoms with Crippen molar-refractivity contribution in [1.82, 2.24) is 14.9 Å². The van der Waals surface area contributed by atoms with Crippen LogP contribution in [0.3, 0.4) is 0 Å². The molecule has 7 nitrogen and oxygen atoms in total. The molecule has 1 fully saturated rings. The van der Waals surface area contributed by atoms with Gasteiger partial charge in [0.15, 0.2) is 0 Å². The molecule has 5 rings (SSSR count). The number of piperazine rings is 1. The number of carboxylic acid groups (broad SMARTS) is 1. The number of aryl methyl sites for hydroxylation is 1. The normalized spacial score (nSPS) is 18.6. The average Bonchev–Trinajstić information content (AvgIpc) is 2.95. The average molecular weight is 529 g/mol. The van der Waals surface area contributed by atoms with Gasteiger partial charge in [-0.25, -0.2) is 9.37 Å². The maximum Gasteiger partial charge on any atom is 0.303 e. The zero-order valence-electron chi connectivity index (χ0n) is 22.1. The standard InChI is InChI=1S/C31H33FN4O3/c1-31(30(39)36-19-17-35(18-20-36)24-13-11-23(32)12-14-24)16-15-25-27(21-31)33-26(9-5-6-10-28(37)38)29(34-25)22-7-3-2-4-8-22/h2-4,7-8,11-16H,5-6,9-10,17-21H2,1H3,(H,37,38). The van der Waals surface area contributed by atoms with Crippen LogP contribution in [-0.2, 0) is 22.4 Å². The number of halogens is 1. The number of anilines is 1. The molecule has 1 N–H and O–H groups in total. The third kappa shape index (κ3) is 6.00. The van der Waals surface area contributed by atoms with Crippen LogP contribution in [0, 0.1) is 11.2 Å². The van der Waals surface area contributed by atoms with Crippen LogP contribution in [0.2, 0.25) is 0 Å². The highest BCUT2D eigenvalue weighted by Crippen LogP contribution is 2.35. The van der Waals surface area contributed by atoms with Gasteiger partial charge < -0.3 is 14.9 Å². The fourth-order valence-corrected chi connectivity index (χ4v) is 5.35. The van der Waals surface area contributed by atoms with Crippen molar-refractivity contribution in [3.8, 4) is 11.3 Å². The van der Waals surface area contributed by atoms with Crippen molar-refractivity contribution in [3.63, 3.8) is 0 Å². The van der Waals surface area contributed by atoms with Crippen LogP contribution in [0.5, 0.6) is 0 Å². The van der Waals surface area contributed by atoms with Gasteiger partial charge in [0.1, 0.15) is 5.82 Å². The van der Waals surface area contributed by atoms with E-state index in [9.17, 15) is 14.0 Å². The topological polar surface area (TPSA) is 86.6 Å². The monoisotopic (exact) mass is 528 g/mol. The second-order valence-corrected chi connectivity index (χ2v) is 10.5. The van der Waals surface area contributed by atoms with Crippen LogP contribution in [0.15, 0.2) is 60.7 Å². The van der Waals surface area contributed by atoms with Crippen molar-refractivity contribution in [2.24, 2.45) is 5.41 Å². The summed E-state index contributed by atoms with van der Waals surface area (Å²) in [6, 6.07) is 16.4. The highest BCUT2D eigenvalue weighted by Gasteiger charge is 2.39. The molecule has 1 aliphatic heterocycles. The first-order valence-corrected chi connectivity index (χ1v) is 13.5. The zero-order valence-corrected chi connectivity index (χ0v) is 22.1. The maximum atomic E-state index is 13.7. The molecule has 1 unspecified atom stereocenters. The fourth-order valence-electron chi connectivity index (χ4n) is 5.35. The van der Waals surface area contributed by atoms with Crippen molar-refractivity contribution in [2.45, 2.75) is 39.0 Å². The van der Waals surface area contributed by atoms with E-state index in [0.717, 1.165) is 34.0 Å². The minimum absolute atomic E-state index is 0.0695. The molecule has 2 aromatic carbocycles. The number of rotatable bonds is 8. The molecule has 8 heteroatoms. The summed E-state index contributed by atoms with van der Waals surface area (Å²) in [5.74, 6) is -0.986. The van der Waals surface area contributed by atoms with E-state index >= 15 is 0 Å². The lowest BCUT2D eigenvalue weighted by Crippen LogP contribution is -2.53. The Bertz CT molecular complexity index is 1370. The predicted molar refractivity (Wildman–Crippen MR) is 149 cm³/mol. The Labute approximate surface area is 228 Å². The van der Waals surface area contributed by atoms with E-state index in [1.165, 1.54) is 12.1 Å². The Morgan fingerprint density at radius 3 is 2.38 bits per heavy atom. The summed E-state index contributed by atoms with van der Waals surface area (Å²) < 4.78 is 13.3. The Kier molecular flexibility index (Phi) is 7.72. The smallest absolute Gasteiger partial charge is 0.303 e. The molecule has 202 valence electrons. The number of hydrogen-bond donors (Lipinski definition) is 1. The molecule has 2 aliphatic rings. The second-order valence-electron chi connectivity index (χ2n) is 10.5. The summed E-state index contributed by atoms with van der Waals surface area (Å²) in [6.07, 6.45) is 6.35. The molecule has 3 aromatic rings. The molecule has 1 atom stereocenters. The summed E-state index contributed by atoms with van der Waals surface area (Å²) in [4.78, 5) is 38.8. The molecular formula is C31H33FN4O3. The lowest BCUT2D eigenvalue weighted by atomic mass is 9.79. The lowest BCUT2D eigenvalue weighted by Gasteiger charge is -2.40. The number of aliphatic carboxylic acids is 1. The molecule has 1 amide bonds. The van der Waals surface area contributed by atoms with Gasteiger partial charge in [-0.3, -0.25) is 14.6 Å². The molecule has 0 radical (unpaired) electrons. The van der Waals surface area contributed by atoms with Gasteiger partial charge in [0.25, 0.3) is 0 Å². The van der Waals surface area contributed by atoms with Crippen molar-refractivity contribution >= 4 is 23.6 Å². The van der Waals surface area contributed by atoms with Gasteiger partial charge >= 0.3 is 5.97 Å². The minimum Gasteiger partial charge on any atom is -0.481 e. The summed E-state index contributed by atoms with van der Waals surface area (Å²) in [7, 11) is 0. The molecule has 39 heavy (non-hydrogen) atoms. The largest absolute Gasteiger partial charge is 0.481 e. The van der Waals surface area contributed by atoms with Crippen molar-refractivity contribution in [1.29, 1.82) is 0 Å². The first kappa shape index (κ1) is 26.5. The highest BCUT2D eigenvalue weighted by molar-refractivity contribution is 5.87. The van der Waals surface area contributed by atoms with E-state index in [1.807, 2.05) is 54.3 Å². The molecule has 0 bridgehead atoms. The van der Waals surface area contributed by atoms with Crippen molar-refractivity contribution in [3.05, 3.63) is 83.6 Å². The van der Waals surface area contributed by atoms with Crippen molar-refractivity contribution in [2.75, 3.05) is 31.1 Å². The van der Waals surface area contributed by atoms with Gasteiger partial charge in [-0.1, -0.05) is 36.4 Å². The number of unbranched alkanes of at least 4 members (excludes halogenated alkanes) is 1. The van der Waals surface area contributed by atoms with Crippen LogP contribution in [0.1, 0.15) is 43.3 Å². The highest BCUT2D eigenvalue weighted by atomic mass is 19.1. The molecule has 0 saturated carbocycles. The van der Waals surface area contributed by atoms with E-state index in [-0.39, 0.29) is 18.1 Å². The Morgan fingerprint density at radius 1 is 0.974 bits per heavy atom. The van der Waals surface area contributed by atoms with Crippen LogP contribution < -0.4 is 4.90 Å². The Balaban J connectivity index is 1.32. The molecule has 0 spiro atoms. The van der Waals surface area contributed by atoms with Gasteiger partial charge in [-0.15, -0.1) is 0 Å². The van der Waals surface area contributed by atoms with Gasteiger partial charge in [-0.2, -0.15) is 0 Å². The third-order valence-corrected chi connectivity index (χ3v) is 7.56.